The van der Waals surface area contributed by atoms with Gasteiger partial charge in [-0.2, -0.15) is 0 Å². The molecule has 0 saturated heterocycles. The lowest BCUT2D eigenvalue weighted by atomic mass is 10.0. The van der Waals surface area contributed by atoms with Crippen molar-refractivity contribution in [3.63, 3.8) is 0 Å². The van der Waals surface area contributed by atoms with Gasteiger partial charge in [0.2, 0.25) is 0 Å². The SMILES string of the molecule is CCN(C(=O)OC(C)(C)C)C(C)C(=O)c1ccc(F)c(F)c1. The van der Waals surface area contributed by atoms with Gasteiger partial charge < -0.3 is 4.74 Å². The van der Waals surface area contributed by atoms with Crippen molar-refractivity contribution in [2.75, 3.05) is 6.54 Å². The summed E-state index contributed by atoms with van der Waals surface area (Å²) in [5.41, 5.74) is -0.677. The maximum atomic E-state index is 13.2. The van der Waals surface area contributed by atoms with Crippen LogP contribution in [0.15, 0.2) is 18.2 Å². The molecule has 0 saturated carbocycles. The number of benzene rings is 1. The average Bonchev–Trinajstić information content (AvgIpc) is 2.39. The maximum absolute atomic E-state index is 13.2. The molecule has 0 bridgehead atoms. The highest BCUT2D eigenvalue weighted by Crippen LogP contribution is 2.16. The Morgan fingerprint density at radius 3 is 2.27 bits per heavy atom. The normalized spacial score (nSPS) is 12.7. The number of hydrogen-bond acceptors (Lipinski definition) is 3. The van der Waals surface area contributed by atoms with E-state index in [2.05, 4.69) is 0 Å². The van der Waals surface area contributed by atoms with Crippen LogP contribution >= 0.6 is 0 Å². The molecule has 0 spiro atoms. The van der Waals surface area contributed by atoms with E-state index in [-0.39, 0.29) is 12.1 Å². The highest BCUT2D eigenvalue weighted by molar-refractivity contribution is 6.01. The Bertz CT molecular complexity index is 567. The van der Waals surface area contributed by atoms with Crippen molar-refractivity contribution in [1.29, 1.82) is 0 Å². The smallest absolute Gasteiger partial charge is 0.410 e. The minimum atomic E-state index is -1.10. The van der Waals surface area contributed by atoms with Crippen molar-refractivity contribution in [1.82, 2.24) is 4.90 Å². The fourth-order valence-electron chi connectivity index (χ4n) is 1.91. The van der Waals surface area contributed by atoms with Crippen molar-refractivity contribution in [3.05, 3.63) is 35.4 Å². The zero-order valence-electron chi connectivity index (χ0n) is 13.4. The maximum Gasteiger partial charge on any atom is 0.410 e. The first-order chi connectivity index (χ1) is 10.1. The lowest BCUT2D eigenvalue weighted by Gasteiger charge is -2.30. The van der Waals surface area contributed by atoms with Crippen LogP contribution in [0.1, 0.15) is 45.0 Å². The van der Waals surface area contributed by atoms with Crippen LogP contribution in [0, 0.1) is 11.6 Å². The first-order valence-corrected chi connectivity index (χ1v) is 7.05. The summed E-state index contributed by atoms with van der Waals surface area (Å²) >= 11 is 0. The number of ketones is 1. The molecule has 4 nitrogen and oxygen atoms in total. The Hall–Kier alpha value is -1.98. The highest BCUT2D eigenvalue weighted by atomic mass is 19.2. The molecule has 1 unspecified atom stereocenters. The van der Waals surface area contributed by atoms with Gasteiger partial charge in [-0.3, -0.25) is 9.69 Å². The van der Waals surface area contributed by atoms with Gasteiger partial charge in [-0.1, -0.05) is 0 Å². The Labute approximate surface area is 129 Å². The summed E-state index contributed by atoms with van der Waals surface area (Å²) in [6, 6.07) is 2.07. The molecule has 0 N–H and O–H groups in total. The molecule has 0 heterocycles. The molecule has 0 radical (unpaired) electrons. The summed E-state index contributed by atoms with van der Waals surface area (Å²) < 4.78 is 31.4. The standard InChI is InChI=1S/C16H21F2NO3/c1-6-19(15(21)22-16(3,4)5)10(2)14(20)11-7-8-12(17)13(18)9-11/h7-10H,6H2,1-5H3. The molecule has 1 rings (SSSR count). The van der Waals surface area contributed by atoms with Crippen molar-refractivity contribution in [3.8, 4) is 0 Å². The third kappa shape index (κ3) is 4.51. The lowest BCUT2D eigenvalue weighted by Crippen LogP contribution is -2.45. The first-order valence-electron chi connectivity index (χ1n) is 7.05. The summed E-state index contributed by atoms with van der Waals surface area (Å²) in [6.07, 6.45) is -0.626. The number of Topliss-reactive ketones (excluding diaryl/α,β-unsaturated/α-hetero) is 1. The van der Waals surface area contributed by atoms with Crippen LogP contribution < -0.4 is 0 Å². The number of halogens is 2. The predicted molar refractivity (Wildman–Crippen MR) is 78.8 cm³/mol. The Morgan fingerprint density at radius 1 is 1.23 bits per heavy atom. The van der Waals surface area contributed by atoms with Gasteiger partial charge in [0.1, 0.15) is 5.60 Å². The number of carbonyl (C=O) groups excluding carboxylic acids is 2. The number of carbonyl (C=O) groups is 2. The largest absolute Gasteiger partial charge is 0.444 e. The lowest BCUT2D eigenvalue weighted by molar-refractivity contribution is 0.0186. The van der Waals surface area contributed by atoms with Gasteiger partial charge in [0.25, 0.3) is 0 Å². The topological polar surface area (TPSA) is 46.6 Å². The van der Waals surface area contributed by atoms with E-state index in [4.69, 9.17) is 4.74 Å². The molecular formula is C16H21F2NO3. The van der Waals surface area contributed by atoms with Crippen molar-refractivity contribution >= 4 is 11.9 Å². The summed E-state index contributed by atoms with van der Waals surface area (Å²) in [4.78, 5) is 25.7. The van der Waals surface area contributed by atoms with E-state index in [0.29, 0.717) is 0 Å². The minimum absolute atomic E-state index is 0.00779. The van der Waals surface area contributed by atoms with Crippen LogP contribution in [0.25, 0.3) is 0 Å². The number of hydrogen-bond donors (Lipinski definition) is 0. The Kier molecular flexibility index (Phi) is 5.63. The molecule has 1 aromatic carbocycles. The van der Waals surface area contributed by atoms with Crippen LogP contribution in [0.2, 0.25) is 0 Å². The van der Waals surface area contributed by atoms with Crippen LogP contribution in [-0.4, -0.2) is 35.0 Å². The number of rotatable bonds is 4. The van der Waals surface area contributed by atoms with Gasteiger partial charge in [0, 0.05) is 12.1 Å². The highest BCUT2D eigenvalue weighted by Gasteiger charge is 2.29. The fourth-order valence-corrected chi connectivity index (χ4v) is 1.91. The second kappa shape index (κ2) is 6.85. The van der Waals surface area contributed by atoms with Gasteiger partial charge in [0.15, 0.2) is 17.4 Å². The van der Waals surface area contributed by atoms with E-state index in [9.17, 15) is 18.4 Å². The molecule has 0 aliphatic rings. The zero-order chi connectivity index (χ0) is 17.1. The number of amides is 1. The average molecular weight is 313 g/mol. The molecule has 0 fully saturated rings. The summed E-state index contributed by atoms with van der Waals surface area (Å²) in [5, 5.41) is 0. The van der Waals surface area contributed by atoms with Gasteiger partial charge in [-0.25, -0.2) is 13.6 Å². The van der Waals surface area contributed by atoms with Crippen molar-refractivity contribution in [2.45, 2.75) is 46.3 Å². The monoisotopic (exact) mass is 313 g/mol. The third-order valence-electron chi connectivity index (χ3n) is 3.02. The quantitative estimate of drug-likeness (QED) is 0.794. The van der Waals surface area contributed by atoms with Gasteiger partial charge >= 0.3 is 6.09 Å². The molecule has 1 atom stereocenters. The van der Waals surface area contributed by atoms with Crippen LogP contribution in [0.5, 0.6) is 0 Å². The zero-order valence-corrected chi connectivity index (χ0v) is 13.4. The molecule has 6 heteroatoms. The second-order valence-electron chi connectivity index (χ2n) is 5.94. The summed E-state index contributed by atoms with van der Waals surface area (Å²) in [7, 11) is 0. The van der Waals surface area contributed by atoms with Crippen molar-refractivity contribution < 1.29 is 23.1 Å². The Morgan fingerprint density at radius 2 is 1.82 bits per heavy atom. The van der Waals surface area contributed by atoms with E-state index in [1.807, 2.05) is 0 Å². The van der Waals surface area contributed by atoms with E-state index in [1.54, 1.807) is 27.7 Å². The molecule has 22 heavy (non-hydrogen) atoms. The summed E-state index contributed by atoms with van der Waals surface area (Å²) in [6.45, 7) is 8.66. The third-order valence-corrected chi connectivity index (χ3v) is 3.02. The van der Waals surface area contributed by atoms with Crippen molar-refractivity contribution in [2.24, 2.45) is 0 Å². The number of likely N-dealkylation sites (N-methyl/N-ethyl adjacent to an activating group) is 1. The minimum Gasteiger partial charge on any atom is -0.444 e. The van der Waals surface area contributed by atoms with Gasteiger partial charge in [-0.15, -0.1) is 0 Å². The van der Waals surface area contributed by atoms with E-state index in [1.165, 1.54) is 17.9 Å². The molecule has 122 valence electrons. The molecule has 1 amide bonds. The molecule has 0 aliphatic heterocycles. The predicted octanol–water partition coefficient (Wildman–Crippen LogP) is 3.79. The molecule has 0 aromatic heterocycles. The molecule has 1 aromatic rings. The summed E-state index contributed by atoms with van der Waals surface area (Å²) in [5.74, 6) is -2.60. The van der Waals surface area contributed by atoms with Gasteiger partial charge in [0.05, 0.1) is 6.04 Å². The van der Waals surface area contributed by atoms with Gasteiger partial charge in [-0.05, 0) is 52.8 Å². The second-order valence-corrected chi connectivity index (χ2v) is 5.94. The first kappa shape index (κ1) is 18.1. The van der Waals surface area contributed by atoms with Crippen LogP contribution in [-0.2, 0) is 4.74 Å². The number of nitrogens with zero attached hydrogens (tertiary/aromatic N) is 1. The van der Waals surface area contributed by atoms with Crippen LogP contribution in [0.3, 0.4) is 0 Å². The number of ether oxygens (including phenoxy) is 1. The van der Waals surface area contributed by atoms with E-state index in [0.717, 1.165) is 12.1 Å². The van der Waals surface area contributed by atoms with Crippen LogP contribution in [0.4, 0.5) is 13.6 Å². The molecule has 0 aliphatic carbocycles. The Balaban J connectivity index is 2.95. The van der Waals surface area contributed by atoms with E-state index < -0.39 is 35.2 Å². The van der Waals surface area contributed by atoms with E-state index >= 15 is 0 Å². The molecular weight excluding hydrogens is 292 g/mol. The fraction of sp³-hybridized carbons (Fsp3) is 0.500.